The van der Waals surface area contributed by atoms with Crippen LogP contribution >= 0.6 is 11.6 Å². The lowest BCUT2D eigenvalue weighted by Gasteiger charge is -2.30. The molecule has 0 saturated heterocycles. The number of hydrogen-bond acceptors (Lipinski definition) is 3. The molecule has 0 bridgehead atoms. The molecule has 0 aliphatic carbocycles. The second-order valence-electron chi connectivity index (χ2n) is 5.03. The SMILES string of the molecule is COc1ccc(C(O)(CS(=O)c2ccc(Cl)cc2)C(F)(F)F)cc1. The molecule has 2 aromatic rings. The van der Waals surface area contributed by atoms with Gasteiger partial charge in [0.15, 0.2) is 5.60 Å². The molecule has 8 heteroatoms. The van der Waals surface area contributed by atoms with E-state index in [0.29, 0.717) is 10.8 Å². The average molecular weight is 379 g/mol. The maximum Gasteiger partial charge on any atom is 0.422 e. The van der Waals surface area contributed by atoms with E-state index >= 15 is 0 Å². The Morgan fingerprint density at radius 2 is 1.62 bits per heavy atom. The first-order valence-corrected chi connectivity index (χ1v) is 8.44. The molecule has 3 nitrogen and oxygen atoms in total. The molecule has 2 aromatic carbocycles. The predicted octanol–water partition coefficient (Wildman–Crippen LogP) is 3.91. The summed E-state index contributed by atoms with van der Waals surface area (Å²) in [5.41, 5.74) is -3.65. The zero-order valence-corrected chi connectivity index (χ0v) is 14.1. The Bertz CT molecular complexity index is 717. The number of rotatable bonds is 5. The van der Waals surface area contributed by atoms with E-state index in [-0.39, 0.29) is 4.90 Å². The zero-order chi connectivity index (χ0) is 18.0. The summed E-state index contributed by atoms with van der Waals surface area (Å²) in [5.74, 6) is -0.674. The Labute approximate surface area is 144 Å². The molecule has 0 aliphatic heterocycles. The fourth-order valence-electron chi connectivity index (χ4n) is 2.05. The van der Waals surface area contributed by atoms with Crippen LogP contribution in [0.25, 0.3) is 0 Å². The molecule has 2 atom stereocenters. The van der Waals surface area contributed by atoms with Crippen molar-refractivity contribution in [2.45, 2.75) is 16.7 Å². The third-order valence-electron chi connectivity index (χ3n) is 3.45. The van der Waals surface area contributed by atoms with Crippen molar-refractivity contribution in [2.75, 3.05) is 12.9 Å². The second kappa shape index (κ2) is 7.13. The standard InChI is InChI=1S/C16H14ClF3O3S/c1-23-13-6-2-11(3-7-13)15(21,16(18,19)20)10-24(22)14-8-4-12(17)5-9-14/h2-9,21H,10H2,1H3. The molecule has 0 aliphatic rings. The van der Waals surface area contributed by atoms with Gasteiger partial charge in [0.2, 0.25) is 0 Å². The van der Waals surface area contributed by atoms with Crippen LogP contribution in [0, 0.1) is 0 Å². The number of aliphatic hydroxyl groups is 1. The molecule has 0 radical (unpaired) electrons. The Kier molecular flexibility index (Phi) is 5.57. The predicted molar refractivity (Wildman–Crippen MR) is 85.7 cm³/mol. The molecular weight excluding hydrogens is 365 g/mol. The number of hydrogen-bond donors (Lipinski definition) is 1. The minimum atomic E-state index is -5.00. The fraction of sp³-hybridized carbons (Fsp3) is 0.250. The van der Waals surface area contributed by atoms with E-state index in [0.717, 1.165) is 12.1 Å². The van der Waals surface area contributed by atoms with Crippen molar-refractivity contribution in [3.8, 4) is 5.75 Å². The number of alkyl halides is 3. The van der Waals surface area contributed by atoms with Gasteiger partial charge in [-0.25, -0.2) is 0 Å². The lowest BCUT2D eigenvalue weighted by molar-refractivity contribution is -0.256. The summed E-state index contributed by atoms with van der Waals surface area (Å²) in [5, 5.41) is 10.7. The minimum Gasteiger partial charge on any atom is -0.497 e. The summed E-state index contributed by atoms with van der Waals surface area (Å²) in [7, 11) is -0.700. The van der Waals surface area contributed by atoms with E-state index in [1.807, 2.05) is 0 Å². The van der Waals surface area contributed by atoms with E-state index in [1.54, 1.807) is 0 Å². The monoisotopic (exact) mass is 378 g/mol. The number of ether oxygens (including phenoxy) is 1. The first-order valence-electron chi connectivity index (χ1n) is 6.75. The first-order chi connectivity index (χ1) is 11.2. The van der Waals surface area contributed by atoms with Crippen LogP contribution in [-0.4, -0.2) is 28.4 Å². The molecule has 0 saturated carbocycles. The normalized spacial score (nSPS) is 15.6. The highest BCUT2D eigenvalue weighted by Crippen LogP contribution is 2.40. The molecule has 2 unspecified atom stereocenters. The fourth-order valence-corrected chi connectivity index (χ4v) is 3.50. The van der Waals surface area contributed by atoms with Gasteiger partial charge in [0, 0.05) is 9.92 Å². The van der Waals surface area contributed by atoms with Gasteiger partial charge in [-0.1, -0.05) is 23.7 Å². The van der Waals surface area contributed by atoms with Gasteiger partial charge in [-0.05, 0) is 42.0 Å². The molecule has 0 heterocycles. The zero-order valence-electron chi connectivity index (χ0n) is 12.5. The van der Waals surface area contributed by atoms with E-state index in [9.17, 15) is 22.5 Å². The van der Waals surface area contributed by atoms with Gasteiger partial charge in [0.05, 0.1) is 23.7 Å². The Hall–Kier alpha value is -1.57. The third kappa shape index (κ3) is 3.91. The molecule has 130 valence electrons. The maximum atomic E-state index is 13.5. The first kappa shape index (κ1) is 18.8. The lowest BCUT2D eigenvalue weighted by Crippen LogP contribution is -2.46. The van der Waals surface area contributed by atoms with Crippen molar-refractivity contribution < 1.29 is 27.2 Å². The topological polar surface area (TPSA) is 46.5 Å². The summed E-state index contributed by atoms with van der Waals surface area (Å²) in [4.78, 5) is 0.149. The van der Waals surface area contributed by atoms with Crippen LogP contribution in [-0.2, 0) is 16.4 Å². The van der Waals surface area contributed by atoms with Crippen LogP contribution in [0.3, 0.4) is 0 Å². The average Bonchev–Trinajstić information content (AvgIpc) is 2.54. The van der Waals surface area contributed by atoms with Crippen LogP contribution in [0.2, 0.25) is 5.02 Å². The van der Waals surface area contributed by atoms with E-state index in [2.05, 4.69) is 0 Å². The lowest BCUT2D eigenvalue weighted by atomic mass is 9.95. The molecule has 24 heavy (non-hydrogen) atoms. The quantitative estimate of drug-likeness (QED) is 0.858. The van der Waals surface area contributed by atoms with E-state index in [4.69, 9.17) is 16.3 Å². The number of methoxy groups -OCH3 is 1. The molecule has 0 fully saturated rings. The van der Waals surface area contributed by atoms with Crippen LogP contribution in [0.5, 0.6) is 5.75 Å². The number of halogens is 4. The molecule has 1 N–H and O–H groups in total. The van der Waals surface area contributed by atoms with Crippen LogP contribution in [0.4, 0.5) is 13.2 Å². The summed E-state index contributed by atoms with van der Waals surface area (Å²) in [6.45, 7) is 0. The highest BCUT2D eigenvalue weighted by molar-refractivity contribution is 7.85. The van der Waals surface area contributed by atoms with Gasteiger partial charge in [-0.3, -0.25) is 4.21 Å². The van der Waals surface area contributed by atoms with Crippen molar-refractivity contribution in [1.82, 2.24) is 0 Å². The van der Waals surface area contributed by atoms with E-state index < -0.39 is 33.9 Å². The van der Waals surface area contributed by atoms with Crippen molar-refractivity contribution in [2.24, 2.45) is 0 Å². The van der Waals surface area contributed by atoms with Crippen LogP contribution in [0.15, 0.2) is 53.4 Å². The van der Waals surface area contributed by atoms with Gasteiger partial charge in [0.1, 0.15) is 5.75 Å². The molecule has 0 aromatic heterocycles. The van der Waals surface area contributed by atoms with Crippen molar-refractivity contribution in [1.29, 1.82) is 0 Å². The summed E-state index contributed by atoms with van der Waals surface area (Å²) in [6, 6.07) is 10.4. The van der Waals surface area contributed by atoms with Gasteiger partial charge >= 0.3 is 6.18 Å². The summed E-state index contributed by atoms with van der Waals surface area (Å²) >= 11 is 5.71. The van der Waals surface area contributed by atoms with Crippen molar-refractivity contribution >= 4 is 22.4 Å². The second-order valence-corrected chi connectivity index (χ2v) is 6.92. The Morgan fingerprint density at radius 3 is 2.08 bits per heavy atom. The van der Waals surface area contributed by atoms with Gasteiger partial charge in [0.25, 0.3) is 0 Å². The minimum absolute atomic E-state index is 0.149. The largest absolute Gasteiger partial charge is 0.497 e. The molecule has 0 spiro atoms. The van der Waals surface area contributed by atoms with Crippen molar-refractivity contribution in [3.05, 3.63) is 59.1 Å². The third-order valence-corrected chi connectivity index (χ3v) is 5.18. The maximum absolute atomic E-state index is 13.5. The van der Waals surface area contributed by atoms with E-state index in [1.165, 1.54) is 43.5 Å². The van der Waals surface area contributed by atoms with Gasteiger partial charge in [-0.15, -0.1) is 0 Å². The summed E-state index contributed by atoms with van der Waals surface area (Å²) < 4.78 is 57.6. The summed E-state index contributed by atoms with van der Waals surface area (Å²) in [6.07, 6.45) is -5.00. The van der Waals surface area contributed by atoms with Crippen LogP contribution < -0.4 is 4.74 Å². The van der Waals surface area contributed by atoms with Gasteiger partial charge < -0.3 is 9.84 Å². The number of benzene rings is 2. The van der Waals surface area contributed by atoms with Crippen molar-refractivity contribution in [3.63, 3.8) is 0 Å². The molecule has 0 amide bonds. The smallest absolute Gasteiger partial charge is 0.422 e. The molecule has 2 rings (SSSR count). The molecular formula is C16H14ClF3O3S. The van der Waals surface area contributed by atoms with Gasteiger partial charge in [-0.2, -0.15) is 13.2 Å². The van der Waals surface area contributed by atoms with Crippen LogP contribution in [0.1, 0.15) is 5.56 Å². The Morgan fingerprint density at radius 1 is 1.08 bits per heavy atom. The highest BCUT2D eigenvalue weighted by Gasteiger charge is 2.56. The Balaban J connectivity index is 2.37. The highest BCUT2D eigenvalue weighted by atomic mass is 35.5.